The molecular formula is C13H15FN2O. The molecule has 90 valence electrons. The van der Waals surface area contributed by atoms with Crippen molar-refractivity contribution in [3.63, 3.8) is 0 Å². The lowest BCUT2D eigenvalue weighted by Crippen LogP contribution is -2.22. The minimum absolute atomic E-state index is 0.267. The van der Waals surface area contributed by atoms with Gasteiger partial charge < -0.3 is 9.73 Å². The third-order valence-corrected chi connectivity index (χ3v) is 2.57. The molecule has 0 fully saturated rings. The highest BCUT2D eigenvalue weighted by Gasteiger charge is 2.19. The zero-order valence-corrected chi connectivity index (χ0v) is 9.90. The van der Waals surface area contributed by atoms with Gasteiger partial charge in [-0.05, 0) is 31.7 Å². The molecule has 0 bridgehead atoms. The van der Waals surface area contributed by atoms with Crippen LogP contribution in [0.5, 0.6) is 0 Å². The molecule has 2 rings (SSSR count). The molecule has 0 aliphatic rings. The number of halogens is 1. The number of rotatable bonds is 4. The van der Waals surface area contributed by atoms with Crippen LogP contribution in [0.4, 0.5) is 4.39 Å². The highest BCUT2D eigenvalue weighted by Crippen LogP contribution is 2.25. The Morgan fingerprint density at radius 1 is 1.41 bits per heavy atom. The molecule has 0 radical (unpaired) electrons. The zero-order chi connectivity index (χ0) is 12.3. The first-order valence-corrected chi connectivity index (χ1v) is 5.61. The number of pyridine rings is 1. The van der Waals surface area contributed by atoms with E-state index in [0.29, 0.717) is 5.56 Å². The maximum absolute atomic E-state index is 13.7. The van der Waals surface area contributed by atoms with E-state index in [1.807, 2.05) is 26.0 Å². The Bertz CT molecular complexity index is 496. The van der Waals surface area contributed by atoms with E-state index in [2.05, 4.69) is 10.3 Å². The van der Waals surface area contributed by atoms with Crippen molar-refractivity contribution in [2.24, 2.45) is 0 Å². The largest absolute Gasteiger partial charge is 0.464 e. The van der Waals surface area contributed by atoms with Crippen LogP contribution in [-0.4, -0.2) is 11.5 Å². The van der Waals surface area contributed by atoms with Crippen molar-refractivity contribution in [3.05, 3.63) is 53.5 Å². The van der Waals surface area contributed by atoms with Gasteiger partial charge in [0.2, 0.25) is 0 Å². The van der Waals surface area contributed by atoms with Crippen LogP contribution in [0, 0.1) is 12.7 Å². The molecule has 2 heterocycles. The van der Waals surface area contributed by atoms with Crippen molar-refractivity contribution < 1.29 is 8.81 Å². The van der Waals surface area contributed by atoms with Crippen molar-refractivity contribution in [2.75, 3.05) is 6.54 Å². The van der Waals surface area contributed by atoms with Crippen molar-refractivity contribution >= 4 is 0 Å². The van der Waals surface area contributed by atoms with Gasteiger partial charge in [-0.2, -0.15) is 0 Å². The van der Waals surface area contributed by atoms with E-state index in [0.717, 1.165) is 18.1 Å². The number of nitrogens with zero attached hydrogens (tertiary/aromatic N) is 1. The summed E-state index contributed by atoms with van der Waals surface area (Å²) in [6, 6.07) is 5.14. The molecule has 0 saturated heterocycles. The van der Waals surface area contributed by atoms with Gasteiger partial charge in [0.15, 0.2) is 0 Å². The summed E-state index contributed by atoms with van der Waals surface area (Å²) >= 11 is 0. The number of hydrogen-bond acceptors (Lipinski definition) is 3. The molecule has 0 spiro atoms. The summed E-state index contributed by atoms with van der Waals surface area (Å²) in [5, 5.41) is 3.21. The average molecular weight is 234 g/mol. The van der Waals surface area contributed by atoms with Gasteiger partial charge in [-0.3, -0.25) is 4.98 Å². The smallest absolute Gasteiger partial charge is 0.146 e. The lowest BCUT2D eigenvalue weighted by Gasteiger charge is -2.16. The van der Waals surface area contributed by atoms with Crippen LogP contribution in [0.3, 0.4) is 0 Å². The Morgan fingerprint density at radius 3 is 2.82 bits per heavy atom. The van der Waals surface area contributed by atoms with Crippen LogP contribution < -0.4 is 5.32 Å². The van der Waals surface area contributed by atoms with Crippen LogP contribution in [0.15, 0.2) is 35.0 Å². The predicted octanol–water partition coefficient (Wildman–Crippen LogP) is 2.82. The Balaban J connectivity index is 2.39. The molecule has 3 nitrogen and oxygen atoms in total. The summed E-state index contributed by atoms with van der Waals surface area (Å²) in [5.41, 5.74) is 0.552. The van der Waals surface area contributed by atoms with E-state index >= 15 is 0 Å². The third kappa shape index (κ3) is 2.53. The summed E-state index contributed by atoms with van der Waals surface area (Å²) in [4.78, 5) is 3.75. The predicted molar refractivity (Wildman–Crippen MR) is 63.2 cm³/mol. The Kier molecular flexibility index (Phi) is 3.54. The van der Waals surface area contributed by atoms with Crippen LogP contribution in [0.2, 0.25) is 0 Å². The quantitative estimate of drug-likeness (QED) is 0.884. The Hall–Kier alpha value is -1.68. The van der Waals surface area contributed by atoms with Crippen LogP contribution >= 0.6 is 0 Å². The zero-order valence-electron chi connectivity index (χ0n) is 9.90. The van der Waals surface area contributed by atoms with Gasteiger partial charge >= 0.3 is 0 Å². The van der Waals surface area contributed by atoms with Gasteiger partial charge in [0.25, 0.3) is 0 Å². The highest BCUT2D eigenvalue weighted by atomic mass is 19.1. The van der Waals surface area contributed by atoms with Crippen LogP contribution in [-0.2, 0) is 0 Å². The van der Waals surface area contributed by atoms with E-state index in [1.165, 1.54) is 6.20 Å². The van der Waals surface area contributed by atoms with E-state index in [4.69, 9.17) is 4.42 Å². The molecule has 1 unspecified atom stereocenters. The lowest BCUT2D eigenvalue weighted by atomic mass is 10.1. The van der Waals surface area contributed by atoms with E-state index in [-0.39, 0.29) is 11.9 Å². The molecule has 2 aromatic heterocycles. The highest BCUT2D eigenvalue weighted by molar-refractivity contribution is 5.26. The second kappa shape index (κ2) is 5.10. The van der Waals surface area contributed by atoms with Crippen molar-refractivity contribution in [1.82, 2.24) is 10.3 Å². The summed E-state index contributed by atoms with van der Waals surface area (Å²) in [5.74, 6) is 1.21. The fourth-order valence-electron chi connectivity index (χ4n) is 1.80. The molecule has 4 heteroatoms. The Labute approximate surface area is 99.7 Å². The summed E-state index contributed by atoms with van der Waals surface area (Å²) in [6.07, 6.45) is 2.80. The first kappa shape index (κ1) is 11.8. The maximum atomic E-state index is 13.7. The summed E-state index contributed by atoms with van der Waals surface area (Å²) in [6.45, 7) is 4.57. The van der Waals surface area contributed by atoms with E-state index in [9.17, 15) is 4.39 Å². The normalized spacial score (nSPS) is 12.6. The molecular weight excluding hydrogens is 219 g/mol. The van der Waals surface area contributed by atoms with E-state index < -0.39 is 0 Å². The maximum Gasteiger partial charge on any atom is 0.146 e. The van der Waals surface area contributed by atoms with Gasteiger partial charge in [0, 0.05) is 11.8 Å². The van der Waals surface area contributed by atoms with E-state index in [1.54, 1.807) is 12.3 Å². The number of nitrogens with one attached hydrogen (secondary N) is 1. The first-order valence-electron chi connectivity index (χ1n) is 5.61. The van der Waals surface area contributed by atoms with Gasteiger partial charge in [-0.25, -0.2) is 4.39 Å². The second-order valence-corrected chi connectivity index (χ2v) is 3.84. The van der Waals surface area contributed by atoms with Gasteiger partial charge in [-0.15, -0.1) is 0 Å². The molecule has 1 atom stereocenters. The molecule has 0 aromatic carbocycles. The Morgan fingerprint density at radius 2 is 2.24 bits per heavy atom. The molecule has 0 amide bonds. The summed E-state index contributed by atoms with van der Waals surface area (Å²) < 4.78 is 19.3. The number of hydrogen-bond donors (Lipinski definition) is 1. The number of furan rings is 1. The van der Waals surface area contributed by atoms with Crippen molar-refractivity contribution in [2.45, 2.75) is 19.9 Å². The minimum Gasteiger partial charge on any atom is -0.464 e. The molecule has 1 N–H and O–H groups in total. The van der Waals surface area contributed by atoms with Crippen LogP contribution in [0.25, 0.3) is 0 Å². The average Bonchev–Trinajstić information content (AvgIpc) is 2.74. The fraction of sp³-hybridized carbons (Fsp3) is 0.308. The molecule has 17 heavy (non-hydrogen) atoms. The molecule has 0 aliphatic heterocycles. The van der Waals surface area contributed by atoms with Gasteiger partial charge in [-0.1, -0.05) is 6.92 Å². The number of aryl methyl sites for hydroxylation is 1. The summed E-state index contributed by atoms with van der Waals surface area (Å²) in [7, 11) is 0. The number of aromatic nitrogens is 1. The van der Waals surface area contributed by atoms with Gasteiger partial charge in [0.05, 0.1) is 12.2 Å². The minimum atomic E-state index is -0.326. The third-order valence-electron chi connectivity index (χ3n) is 2.57. The topological polar surface area (TPSA) is 38.1 Å². The lowest BCUT2D eigenvalue weighted by molar-refractivity contribution is 0.426. The molecule has 2 aromatic rings. The second-order valence-electron chi connectivity index (χ2n) is 3.84. The fourth-order valence-corrected chi connectivity index (χ4v) is 1.80. The van der Waals surface area contributed by atoms with Gasteiger partial charge in [0.1, 0.15) is 17.3 Å². The molecule has 0 aliphatic carbocycles. The first-order chi connectivity index (χ1) is 8.22. The molecule has 0 saturated carbocycles. The van der Waals surface area contributed by atoms with Crippen molar-refractivity contribution in [3.8, 4) is 0 Å². The standard InChI is InChI=1S/C13H15FN2O/c1-3-16-13(12-5-4-9(2)17-12)10-6-7-15-8-11(10)14/h4-8,13,16H,3H2,1-2H3. The monoisotopic (exact) mass is 234 g/mol. The van der Waals surface area contributed by atoms with Crippen LogP contribution in [0.1, 0.15) is 30.0 Å². The van der Waals surface area contributed by atoms with Crippen molar-refractivity contribution in [1.29, 1.82) is 0 Å². The SMILES string of the molecule is CCNC(c1ccc(C)o1)c1ccncc1F.